The van der Waals surface area contributed by atoms with Gasteiger partial charge < -0.3 is 5.32 Å². The summed E-state index contributed by atoms with van der Waals surface area (Å²) in [5, 5.41) is 2.54. The number of amides is 1. The summed E-state index contributed by atoms with van der Waals surface area (Å²) in [6.45, 7) is -0.222. The molecule has 1 aromatic heterocycles. The molecule has 28 heavy (non-hydrogen) atoms. The van der Waals surface area contributed by atoms with Crippen LogP contribution in [-0.2, 0) is 24.6 Å². The van der Waals surface area contributed by atoms with Crippen molar-refractivity contribution < 1.29 is 18.0 Å². The maximum atomic E-state index is 12.7. The molecular weight excluding hydrogens is 371 g/mol. The van der Waals surface area contributed by atoms with E-state index >= 15 is 0 Å². The molecule has 0 unspecified atom stereocenters. The number of halogens is 3. The van der Waals surface area contributed by atoms with Gasteiger partial charge in [-0.25, -0.2) is 4.79 Å². The maximum Gasteiger partial charge on any atom is 0.416 e. The van der Waals surface area contributed by atoms with Crippen LogP contribution in [0.3, 0.4) is 0 Å². The molecule has 0 saturated heterocycles. The van der Waals surface area contributed by atoms with Crippen molar-refractivity contribution in [2.75, 3.05) is 6.54 Å². The summed E-state index contributed by atoms with van der Waals surface area (Å²) in [7, 11) is 1.62. The molecule has 0 fully saturated rings. The number of para-hydroxylation sites is 2. The summed E-state index contributed by atoms with van der Waals surface area (Å²) in [6, 6.07) is 11.8. The van der Waals surface area contributed by atoms with Gasteiger partial charge in [-0.3, -0.25) is 13.9 Å². The maximum absolute atomic E-state index is 12.7. The van der Waals surface area contributed by atoms with Gasteiger partial charge in [-0.05, 0) is 30.3 Å². The third kappa shape index (κ3) is 4.09. The Morgan fingerprint density at radius 1 is 1.11 bits per heavy atom. The zero-order valence-corrected chi connectivity index (χ0v) is 14.9. The molecule has 0 aliphatic rings. The number of alkyl halides is 3. The van der Waals surface area contributed by atoms with E-state index in [1.54, 1.807) is 31.3 Å². The first-order valence-corrected chi connectivity index (χ1v) is 8.34. The molecule has 5 nitrogen and oxygen atoms in total. The van der Waals surface area contributed by atoms with Crippen molar-refractivity contribution in [3.8, 4) is 11.8 Å². The number of imidazole rings is 1. The summed E-state index contributed by atoms with van der Waals surface area (Å²) >= 11 is 0. The topological polar surface area (TPSA) is 56.0 Å². The van der Waals surface area contributed by atoms with Crippen LogP contribution in [0.5, 0.6) is 0 Å². The van der Waals surface area contributed by atoms with E-state index in [0.717, 1.165) is 12.1 Å². The number of carbonyl (C=O) groups excluding carboxylic acids is 1. The minimum atomic E-state index is -4.43. The quantitative estimate of drug-likeness (QED) is 0.703. The van der Waals surface area contributed by atoms with E-state index < -0.39 is 17.6 Å². The van der Waals surface area contributed by atoms with Gasteiger partial charge in [-0.15, -0.1) is 0 Å². The van der Waals surface area contributed by atoms with Crippen LogP contribution < -0.4 is 11.0 Å². The van der Waals surface area contributed by atoms with Gasteiger partial charge >= 0.3 is 11.9 Å². The second kappa shape index (κ2) is 7.64. The number of hydrogen-bond acceptors (Lipinski definition) is 2. The second-order valence-electron chi connectivity index (χ2n) is 6.07. The number of carbonyl (C=O) groups is 1. The van der Waals surface area contributed by atoms with Crippen LogP contribution in [0.1, 0.15) is 11.1 Å². The highest BCUT2D eigenvalue weighted by molar-refractivity contribution is 5.81. The minimum absolute atomic E-state index is 0.0470. The molecule has 0 spiro atoms. The lowest BCUT2D eigenvalue weighted by Crippen LogP contribution is -2.32. The van der Waals surface area contributed by atoms with Crippen molar-refractivity contribution in [1.29, 1.82) is 0 Å². The predicted molar refractivity (Wildman–Crippen MR) is 98.5 cm³/mol. The Bertz CT molecular complexity index is 1150. The van der Waals surface area contributed by atoms with Gasteiger partial charge in [0.1, 0.15) is 6.54 Å². The first-order chi connectivity index (χ1) is 13.3. The highest BCUT2D eigenvalue weighted by atomic mass is 19.4. The van der Waals surface area contributed by atoms with Gasteiger partial charge in [0.15, 0.2) is 0 Å². The van der Waals surface area contributed by atoms with Crippen molar-refractivity contribution in [3.63, 3.8) is 0 Å². The van der Waals surface area contributed by atoms with Crippen molar-refractivity contribution in [3.05, 3.63) is 70.1 Å². The lowest BCUT2D eigenvalue weighted by Gasteiger charge is -2.05. The second-order valence-corrected chi connectivity index (χ2v) is 6.07. The Morgan fingerprint density at radius 2 is 1.82 bits per heavy atom. The zero-order valence-electron chi connectivity index (χ0n) is 14.9. The largest absolute Gasteiger partial charge is 0.416 e. The van der Waals surface area contributed by atoms with Gasteiger partial charge in [0, 0.05) is 12.6 Å². The van der Waals surface area contributed by atoms with Crippen molar-refractivity contribution in [1.82, 2.24) is 14.5 Å². The molecule has 3 rings (SSSR count). The molecule has 3 aromatic rings. The first-order valence-electron chi connectivity index (χ1n) is 8.34. The van der Waals surface area contributed by atoms with E-state index in [1.807, 2.05) is 0 Å². The normalized spacial score (nSPS) is 11.1. The number of hydrogen-bond donors (Lipinski definition) is 1. The van der Waals surface area contributed by atoms with Gasteiger partial charge in [0.2, 0.25) is 5.91 Å². The Morgan fingerprint density at radius 3 is 2.54 bits per heavy atom. The average Bonchev–Trinajstić information content (AvgIpc) is 2.90. The molecule has 0 bridgehead atoms. The van der Waals surface area contributed by atoms with E-state index in [1.165, 1.54) is 21.3 Å². The highest BCUT2D eigenvalue weighted by Crippen LogP contribution is 2.29. The molecule has 0 aliphatic carbocycles. The summed E-state index contributed by atoms with van der Waals surface area (Å²) in [6.07, 6.45) is -4.43. The molecular formula is C20H16F3N3O2. The van der Waals surface area contributed by atoms with Gasteiger partial charge in [-0.1, -0.05) is 30.0 Å². The summed E-state index contributed by atoms with van der Waals surface area (Å²) in [5.41, 5.74) is 0.462. The van der Waals surface area contributed by atoms with Crippen LogP contribution in [0.25, 0.3) is 11.0 Å². The molecule has 8 heteroatoms. The fourth-order valence-electron chi connectivity index (χ4n) is 2.78. The van der Waals surface area contributed by atoms with E-state index in [0.29, 0.717) is 11.0 Å². The number of nitrogens with one attached hydrogen (secondary N) is 1. The number of aromatic nitrogens is 2. The smallest absolute Gasteiger partial charge is 0.344 e. The number of aryl methyl sites for hydroxylation is 1. The van der Waals surface area contributed by atoms with Crippen LogP contribution in [0, 0.1) is 11.8 Å². The summed E-state index contributed by atoms with van der Waals surface area (Å²) in [5.74, 6) is 4.78. The fraction of sp³-hybridized carbons (Fsp3) is 0.200. The number of fused-ring (bicyclic) bond motifs is 1. The highest BCUT2D eigenvalue weighted by Gasteiger charge is 2.30. The van der Waals surface area contributed by atoms with Crippen LogP contribution in [0.2, 0.25) is 0 Å². The van der Waals surface area contributed by atoms with Gasteiger partial charge in [0.25, 0.3) is 0 Å². The molecule has 2 aromatic carbocycles. The van der Waals surface area contributed by atoms with Crippen molar-refractivity contribution in [2.24, 2.45) is 7.05 Å². The number of rotatable bonds is 3. The Hall–Kier alpha value is -3.47. The fourth-order valence-corrected chi connectivity index (χ4v) is 2.78. The molecule has 144 valence electrons. The third-order valence-corrected chi connectivity index (χ3v) is 4.15. The van der Waals surface area contributed by atoms with E-state index in [4.69, 9.17) is 0 Å². The van der Waals surface area contributed by atoms with Crippen molar-refractivity contribution in [2.45, 2.75) is 12.7 Å². The number of nitrogens with zero attached hydrogens (tertiary/aromatic N) is 2. The third-order valence-electron chi connectivity index (χ3n) is 4.15. The standard InChI is InChI=1S/C20H16F3N3O2/c1-25-16-9-2-3-10-17(16)26(19(25)28)13-18(27)24-11-5-7-14-6-4-8-15(12-14)20(21,22)23/h2-4,6,8-10,12H,11,13H2,1H3,(H,24,27). The van der Waals surface area contributed by atoms with E-state index in [2.05, 4.69) is 17.2 Å². The van der Waals surface area contributed by atoms with Crippen molar-refractivity contribution >= 4 is 16.9 Å². The van der Waals surface area contributed by atoms with Gasteiger partial charge in [0.05, 0.1) is 23.1 Å². The summed E-state index contributed by atoms with van der Waals surface area (Å²) in [4.78, 5) is 24.4. The van der Waals surface area contributed by atoms with Crippen LogP contribution >= 0.6 is 0 Å². The molecule has 0 radical (unpaired) electrons. The van der Waals surface area contributed by atoms with Crippen LogP contribution in [0.4, 0.5) is 13.2 Å². The molecule has 1 amide bonds. The van der Waals surface area contributed by atoms with E-state index in [9.17, 15) is 22.8 Å². The predicted octanol–water partition coefficient (Wildman–Crippen LogP) is 2.53. The lowest BCUT2D eigenvalue weighted by molar-refractivity contribution is -0.137. The molecule has 0 aliphatic heterocycles. The van der Waals surface area contributed by atoms with E-state index in [-0.39, 0.29) is 24.3 Å². The Kier molecular flexibility index (Phi) is 5.27. The first kappa shape index (κ1) is 19.3. The molecule has 0 saturated carbocycles. The molecule has 0 atom stereocenters. The van der Waals surface area contributed by atoms with Crippen LogP contribution in [0.15, 0.2) is 53.3 Å². The Labute approximate surface area is 158 Å². The number of benzene rings is 2. The monoisotopic (exact) mass is 387 g/mol. The molecule has 1 N–H and O–H groups in total. The van der Waals surface area contributed by atoms with Crippen LogP contribution in [-0.4, -0.2) is 21.6 Å². The minimum Gasteiger partial charge on any atom is -0.344 e. The Balaban J connectivity index is 1.65. The van der Waals surface area contributed by atoms with Gasteiger partial charge in [-0.2, -0.15) is 13.2 Å². The zero-order chi connectivity index (χ0) is 20.3. The lowest BCUT2D eigenvalue weighted by atomic mass is 10.1. The summed E-state index contributed by atoms with van der Waals surface area (Å²) < 4.78 is 40.8. The average molecular weight is 387 g/mol. The molecule has 1 heterocycles. The SMILES string of the molecule is Cn1c(=O)n(CC(=O)NCC#Cc2cccc(C(F)(F)F)c2)c2ccccc21.